The van der Waals surface area contributed by atoms with Gasteiger partial charge in [0, 0.05) is 13.6 Å². The Morgan fingerprint density at radius 1 is 1.22 bits per heavy atom. The van der Waals surface area contributed by atoms with E-state index >= 15 is 0 Å². The van der Waals surface area contributed by atoms with Gasteiger partial charge in [-0.25, -0.2) is 0 Å². The van der Waals surface area contributed by atoms with Crippen LogP contribution in [0.5, 0.6) is 5.75 Å². The SMILES string of the molecule is COc1ccc(CN(C)c2ccc(C=O)s2)cc1. The van der Waals surface area contributed by atoms with Crippen LogP contribution in [0.2, 0.25) is 0 Å². The van der Waals surface area contributed by atoms with Crippen molar-refractivity contribution in [3.63, 3.8) is 0 Å². The number of hydrogen-bond acceptors (Lipinski definition) is 4. The normalized spacial score (nSPS) is 10.1. The van der Waals surface area contributed by atoms with E-state index in [2.05, 4.69) is 4.90 Å². The molecule has 1 heterocycles. The number of anilines is 1. The van der Waals surface area contributed by atoms with Crippen LogP contribution in [-0.2, 0) is 6.54 Å². The van der Waals surface area contributed by atoms with Gasteiger partial charge in [0.1, 0.15) is 5.75 Å². The number of carbonyl (C=O) groups is 1. The summed E-state index contributed by atoms with van der Waals surface area (Å²) in [7, 11) is 3.68. The molecule has 0 fully saturated rings. The minimum absolute atomic E-state index is 0.756. The first-order valence-electron chi connectivity index (χ1n) is 5.62. The number of thiophene rings is 1. The average Bonchev–Trinajstić information content (AvgIpc) is 2.88. The summed E-state index contributed by atoms with van der Waals surface area (Å²) in [5, 5.41) is 1.09. The standard InChI is InChI=1S/C14H15NO2S/c1-15(14-8-7-13(10-16)18-14)9-11-3-5-12(17-2)6-4-11/h3-8,10H,9H2,1-2H3. The summed E-state index contributed by atoms with van der Waals surface area (Å²) in [5.41, 5.74) is 1.21. The van der Waals surface area contributed by atoms with E-state index in [1.54, 1.807) is 7.11 Å². The fourth-order valence-electron chi connectivity index (χ4n) is 1.69. The zero-order chi connectivity index (χ0) is 13.0. The topological polar surface area (TPSA) is 29.5 Å². The molecule has 1 aromatic carbocycles. The van der Waals surface area contributed by atoms with Gasteiger partial charge in [0.15, 0.2) is 6.29 Å². The van der Waals surface area contributed by atoms with Crippen molar-refractivity contribution in [3.8, 4) is 5.75 Å². The van der Waals surface area contributed by atoms with E-state index < -0.39 is 0 Å². The number of hydrogen-bond donors (Lipinski definition) is 0. The first-order chi connectivity index (χ1) is 8.72. The maximum absolute atomic E-state index is 10.6. The van der Waals surface area contributed by atoms with Crippen molar-refractivity contribution in [1.29, 1.82) is 0 Å². The molecule has 0 unspecified atom stereocenters. The van der Waals surface area contributed by atoms with Crippen molar-refractivity contribution >= 4 is 22.6 Å². The molecule has 0 aliphatic rings. The van der Waals surface area contributed by atoms with Crippen LogP contribution in [0.25, 0.3) is 0 Å². The minimum Gasteiger partial charge on any atom is -0.497 e. The Kier molecular flexibility index (Phi) is 3.99. The van der Waals surface area contributed by atoms with Crippen molar-refractivity contribution < 1.29 is 9.53 Å². The summed E-state index contributed by atoms with van der Waals surface area (Å²) in [6.07, 6.45) is 0.884. The second-order valence-corrected chi connectivity index (χ2v) is 5.09. The molecule has 0 saturated carbocycles. The van der Waals surface area contributed by atoms with Gasteiger partial charge in [-0.1, -0.05) is 12.1 Å². The Balaban J connectivity index is 2.05. The quantitative estimate of drug-likeness (QED) is 0.774. The van der Waals surface area contributed by atoms with Gasteiger partial charge in [-0.3, -0.25) is 4.79 Å². The Bertz CT molecular complexity index is 519. The molecule has 0 amide bonds. The highest BCUT2D eigenvalue weighted by molar-refractivity contribution is 7.17. The molecule has 0 aliphatic carbocycles. The number of carbonyl (C=O) groups excluding carboxylic acids is 1. The number of ether oxygens (including phenoxy) is 1. The summed E-state index contributed by atoms with van der Waals surface area (Å²) < 4.78 is 5.13. The number of aldehydes is 1. The number of methoxy groups -OCH3 is 1. The highest BCUT2D eigenvalue weighted by atomic mass is 32.1. The molecular weight excluding hydrogens is 246 g/mol. The van der Waals surface area contributed by atoms with Crippen LogP contribution in [-0.4, -0.2) is 20.4 Å². The molecule has 0 radical (unpaired) electrons. The van der Waals surface area contributed by atoms with E-state index in [0.29, 0.717) is 0 Å². The van der Waals surface area contributed by atoms with Crippen molar-refractivity contribution in [2.45, 2.75) is 6.54 Å². The molecule has 0 bridgehead atoms. The molecule has 0 atom stereocenters. The van der Waals surface area contributed by atoms with Crippen molar-refractivity contribution in [2.24, 2.45) is 0 Å². The Labute approximate surface area is 111 Å². The zero-order valence-corrected chi connectivity index (χ0v) is 11.2. The molecule has 2 aromatic rings. The summed E-state index contributed by atoms with van der Waals surface area (Å²) in [6.45, 7) is 0.808. The lowest BCUT2D eigenvalue weighted by Gasteiger charge is -2.17. The maximum Gasteiger partial charge on any atom is 0.160 e. The van der Waals surface area contributed by atoms with Crippen molar-refractivity contribution in [2.75, 3.05) is 19.1 Å². The van der Waals surface area contributed by atoms with Gasteiger partial charge in [-0.05, 0) is 29.8 Å². The Morgan fingerprint density at radius 2 is 1.94 bits per heavy atom. The van der Waals surface area contributed by atoms with Crippen molar-refractivity contribution in [3.05, 3.63) is 46.8 Å². The second kappa shape index (κ2) is 5.69. The molecule has 0 N–H and O–H groups in total. The summed E-state index contributed by atoms with van der Waals surface area (Å²) >= 11 is 1.50. The fraction of sp³-hybridized carbons (Fsp3) is 0.214. The van der Waals surface area contributed by atoms with Crippen LogP contribution in [0.4, 0.5) is 5.00 Å². The highest BCUT2D eigenvalue weighted by Crippen LogP contribution is 2.25. The third-order valence-corrected chi connectivity index (χ3v) is 3.81. The predicted molar refractivity (Wildman–Crippen MR) is 74.8 cm³/mol. The van der Waals surface area contributed by atoms with E-state index in [1.807, 2.05) is 43.4 Å². The molecule has 18 heavy (non-hydrogen) atoms. The first-order valence-corrected chi connectivity index (χ1v) is 6.43. The van der Waals surface area contributed by atoms with Crippen LogP contribution in [0, 0.1) is 0 Å². The number of benzene rings is 1. The molecule has 2 rings (SSSR count). The fourth-order valence-corrected chi connectivity index (χ4v) is 2.48. The van der Waals surface area contributed by atoms with Crippen molar-refractivity contribution in [1.82, 2.24) is 0 Å². The zero-order valence-electron chi connectivity index (χ0n) is 10.4. The third-order valence-electron chi connectivity index (χ3n) is 2.68. The predicted octanol–water partition coefficient (Wildman–Crippen LogP) is 3.21. The van der Waals surface area contributed by atoms with Gasteiger partial charge in [0.05, 0.1) is 17.0 Å². The Hall–Kier alpha value is -1.81. The van der Waals surface area contributed by atoms with E-state index in [0.717, 1.165) is 28.5 Å². The van der Waals surface area contributed by atoms with E-state index in [-0.39, 0.29) is 0 Å². The third kappa shape index (κ3) is 2.90. The van der Waals surface area contributed by atoms with E-state index in [9.17, 15) is 4.79 Å². The van der Waals surface area contributed by atoms with Crippen LogP contribution in [0.3, 0.4) is 0 Å². The molecule has 4 heteroatoms. The summed E-state index contributed by atoms with van der Waals surface area (Å²) in [4.78, 5) is 13.5. The molecule has 0 aliphatic heterocycles. The molecule has 94 valence electrons. The molecule has 3 nitrogen and oxygen atoms in total. The van der Waals surface area contributed by atoms with Gasteiger partial charge in [0.25, 0.3) is 0 Å². The van der Waals surface area contributed by atoms with Gasteiger partial charge >= 0.3 is 0 Å². The molecule has 1 aromatic heterocycles. The maximum atomic E-state index is 10.6. The monoisotopic (exact) mass is 261 g/mol. The highest BCUT2D eigenvalue weighted by Gasteiger charge is 2.05. The van der Waals surface area contributed by atoms with Gasteiger partial charge < -0.3 is 9.64 Å². The summed E-state index contributed by atoms with van der Waals surface area (Å²) in [5.74, 6) is 0.862. The smallest absolute Gasteiger partial charge is 0.160 e. The van der Waals surface area contributed by atoms with E-state index in [4.69, 9.17) is 4.74 Å². The van der Waals surface area contributed by atoms with Gasteiger partial charge in [0.2, 0.25) is 0 Å². The van der Waals surface area contributed by atoms with E-state index in [1.165, 1.54) is 16.9 Å². The summed E-state index contributed by atoms with van der Waals surface area (Å²) in [6, 6.07) is 11.8. The lowest BCUT2D eigenvalue weighted by Crippen LogP contribution is -2.14. The second-order valence-electron chi connectivity index (χ2n) is 4.00. The molecule has 0 spiro atoms. The lowest BCUT2D eigenvalue weighted by atomic mass is 10.2. The van der Waals surface area contributed by atoms with Crippen LogP contribution in [0.15, 0.2) is 36.4 Å². The first kappa shape index (κ1) is 12.6. The molecule has 0 saturated heterocycles. The Morgan fingerprint density at radius 3 is 2.50 bits per heavy atom. The largest absolute Gasteiger partial charge is 0.497 e. The van der Waals surface area contributed by atoms with Crippen LogP contribution in [0.1, 0.15) is 15.2 Å². The van der Waals surface area contributed by atoms with Gasteiger partial charge in [-0.15, -0.1) is 11.3 Å². The molecular formula is C14H15NO2S. The lowest BCUT2D eigenvalue weighted by molar-refractivity contribution is 0.112. The number of nitrogens with zero attached hydrogens (tertiary/aromatic N) is 1. The number of rotatable bonds is 5. The minimum atomic E-state index is 0.756. The van der Waals surface area contributed by atoms with Gasteiger partial charge in [-0.2, -0.15) is 0 Å². The average molecular weight is 261 g/mol. The van der Waals surface area contributed by atoms with Crippen LogP contribution < -0.4 is 9.64 Å². The van der Waals surface area contributed by atoms with Crippen LogP contribution >= 0.6 is 11.3 Å².